The number of nitrogens with zero attached hydrogens (tertiary/aromatic N) is 2. The highest BCUT2D eigenvalue weighted by Crippen LogP contribution is 2.26. The van der Waals surface area contributed by atoms with Crippen molar-refractivity contribution in [1.29, 1.82) is 0 Å². The normalized spacial score (nSPS) is 12.2. The van der Waals surface area contributed by atoms with E-state index in [-0.39, 0.29) is 5.41 Å². The van der Waals surface area contributed by atoms with Crippen molar-refractivity contribution in [1.82, 2.24) is 15.8 Å². The number of benzene rings is 1. The molecule has 0 fully saturated rings. The van der Waals surface area contributed by atoms with Crippen LogP contribution in [0.3, 0.4) is 0 Å². The van der Waals surface area contributed by atoms with Crippen LogP contribution in [0.5, 0.6) is 0 Å². The third kappa shape index (κ3) is 4.52. The Morgan fingerprint density at radius 3 is 2.65 bits per heavy atom. The van der Waals surface area contributed by atoms with E-state index < -0.39 is 0 Å². The molecule has 2 heterocycles. The summed E-state index contributed by atoms with van der Waals surface area (Å²) in [7, 11) is 1.77. The van der Waals surface area contributed by atoms with E-state index >= 15 is 0 Å². The first kappa shape index (κ1) is 18.2. The van der Waals surface area contributed by atoms with Crippen LogP contribution in [0, 0.1) is 0 Å². The van der Waals surface area contributed by atoms with E-state index in [4.69, 9.17) is 4.52 Å². The lowest BCUT2D eigenvalue weighted by molar-refractivity contribution is 0.422. The van der Waals surface area contributed by atoms with Crippen LogP contribution in [0.25, 0.3) is 11.3 Å². The van der Waals surface area contributed by atoms with Crippen LogP contribution < -0.4 is 10.6 Å². The van der Waals surface area contributed by atoms with Gasteiger partial charge in [-0.2, -0.15) is 0 Å². The number of hydrogen-bond acceptors (Lipinski definition) is 4. The molecule has 0 atom stereocenters. The van der Waals surface area contributed by atoms with Crippen molar-refractivity contribution in [3.05, 3.63) is 64.5 Å². The molecule has 0 bridgehead atoms. The van der Waals surface area contributed by atoms with E-state index in [1.165, 1.54) is 4.88 Å². The third-order valence-electron chi connectivity index (χ3n) is 4.16. The van der Waals surface area contributed by atoms with Gasteiger partial charge in [0.05, 0.1) is 6.54 Å². The van der Waals surface area contributed by atoms with Gasteiger partial charge in [0.15, 0.2) is 11.7 Å². The number of aromatic nitrogens is 1. The molecule has 0 radical (unpaired) electrons. The minimum absolute atomic E-state index is 0.0418. The van der Waals surface area contributed by atoms with Gasteiger partial charge in [-0.05, 0) is 11.4 Å². The lowest BCUT2D eigenvalue weighted by atomic mass is 9.91. The van der Waals surface area contributed by atoms with Crippen molar-refractivity contribution in [2.45, 2.75) is 25.8 Å². The van der Waals surface area contributed by atoms with Gasteiger partial charge in [-0.3, -0.25) is 4.99 Å². The highest BCUT2D eigenvalue weighted by molar-refractivity contribution is 7.10. The summed E-state index contributed by atoms with van der Waals surface area (Å²) < 4.78 is 5.43. The molecule has 5 nitrogen and oxygen atoms in total. The maximum absolute atomic E-state index is 5.43. The minimum Gasteiger partial charge on any atom is -0.356 e. The predicted octanol–water partition coefficient (Wildman–Crippen LogP) is 4.05. The second-order valence-corrected chi connectivity index (χ2v) is 7.64. The molecule has 0 aliphatic rings. The van der Waals surface area contributed by atoms with Crippen molar-refractivity contribution in [3.63, 3.8) is 0 Å². The third-order valence-corrected chi connectivity index (χ3v) is 5.40. The van der Waals surface area contributed by atoms with Gasteiger partial charge in [0.2, 0.25) is 0 Å². The van der Waals surface area contributed by atoms with E-state index in [1.807, 2.05) is 36.4 Å². The fraction of sp³-hybridized carbons (Fsp3) is 0.300. The molecule has 0 saturated heterocycles. The molecule has 0 spiro atoms. The molecule has 0 aliphatic carbocycles. The number of hydrogen-bond donors (Lipinski definition) is 2. The first-order chi connectivity index (χ1) is 12.6. The van der Waals surface area contributed by atoms with Crippen molar-refractivity contribution in [2.24, 2.45) is 4.99 Å². The summed E-state index contributed by atoms with van der Waals surface area (Å²) in [5.74, 6) is 1.52. The number of guanidine groups is 1. The number of thiophene rings is 1. The van der Waals surface area contributed by atoms with E-state index in [1.54, 1.807) is 18.4 Å². The molecule has 2 aromatic heterocycles. The molecular formula is C20H24N4OS. The van der Waals surface area contributed by atoms with Crippen molar-refractivity contribution in [3.8, 4) is 11.3 Å². The Morgan fingerprint density at radius 2 is 1.96 bits per heavy atom. The molecule has 3 aromatic rings. The van der Waals surface area contributed by atoms with Crippen LogP contribution in [-0.4, -0.2) is 24.7 Å². The molecule has 1 aromatic carbocycles. The summed E-state index contributed by atoms with van der Waals surface area (Å²) >= 11 is 1.78. The Labute approximate surface area is 158 Å². The minimum atomic E-state index is 0.0418. The zero-order chi connectivity index (χ0) is 18.4. The Bertz CT molecular complexity index is 838. The molecule has 0 amide bonds. The first-order valence-corrected chi connectivity index (χ1v) is 9.46. The van der Waals surface area contributed by atoms with Gasteiger partial charge in [0, 0.05) is 35.5 Å². The van der Waals surface area contributed by atoms with Crippen molar-refractivity contribution >= 4 is 17.3 Å². The molecule has 6 heteroatoms. The van der Waals surface area contributed by atoms with Gasteiger partial charge in [0.1, 0.15) is 5.69 Å². The number of aliphatic imine (C=N–C) groups is 1. The molecule has 26 heavy (non-hydrogen) atoms. The molecule has 2 N–H and O–H groups in total. The highest BCUT2D eigenvalue weighted by Gasteiger charge is 2.22. The molecular weight excluding hydrogens is 344 g/mol. The zero-order valence-electron chi connectivity index (χ0n) is 15.3. The highest BCUT2D eigenvalue weighted by atomic mass is 32.1. The molecule has 3 rings (SSSR count). The monoisotopic (exact) mass is 368 g/mol. The van der Waals surface area contributed by atoms with Gasteiger partial charge in [-0.25, -0.2) is 0 Å². The lowest BCUT2D eigenvalue weighted by Crippen LogP contribution is -2.43. The topological polar surface area (TPSA) is 62.5 Å². The number of nitrogens with one attached hydrogen (secondary N) is 2. The maximum Gasteiger partial charge on any atom is 0.191 e. The van der Waals surface area contributed by atoms with Crippen LogP contribution in [0.2, 0.25) is 0 Å². The summed E-state index contributed by atoms with van der Waals surface area (Å²) in [5.41, 5.74) is 1.90. The SMILES string of the molecule is CN=C(NCc1cc(-c2ccccc2)on1)NCC(C)(C)c1cccs1. The largest absolute Gasteiger partial charge is 0.356 e. The summed E-state index contributed by atoms with van der Waals surface area (Å²) in [6, 6.07) is 16.2. The maximum atomic E-state index is 5.43. The van der Waals surface area contributed by atoms with Crippen LogP contribution >= 0.6 is 11.3 Å². The first-order valence-electron chi connectivity index (χ1n) is 8.58. The van der Waals surface area contributed by atoms with Crippen LogP contribution in [0.1, 0.15) is 24.4 Å². The standard InChI is InChI=1S/C20H24N4OS/c1-20(2,18-10-7-11-26-18)14-23-19(21-3)22-13-16-12-17(25-24-16)15-8-5-4-6-9-15/h4-12H,13-14H2,1-3H3,(H2,21,22,23). The number of rotatable bonds is 6. The Balaban J connectivity index is 1.54. The Kier molecular flexibility index (Phi) is 5.73. The molecule has 0 saturated carbocycles. The second-order valence-electron chi connectivity index (χ2n) is 6.69. The summed E-state index contributed by atoms with van der Waals surface area (Å²) in [4.78, 5) is 5.64. The summed E-state index contributed by atoms with van der Waals surface area (Å²) in [5, 5.41) is 12.9. The second kappa shape index (κ2) is 8.19. The average molecular weight is 369 g/mol. The zero-order valence-corrected chi connectivity index (χ0v) is 16.1. The van der Waals surface area contributed by atoms with Gasteiger partial charge >= 0.3 is 0 Å². The fourth-order valence-electron chi connectivity index (χ4n) is 2.58. The van der Waals surface area contributed by atoms with E-state index in [0.717, 1.165) is 29.5 Å². The molecule has 0 unspecified atom stereocenters. The van der Waals surface area contributed by atoms with Gasteiger partial charge < -0.3 is 15.2 Å². The summed E-state index contributed by atoms with van der Waals surface area (Å²) in [6.07, 6.45) is 0. The van der Waals surface area contributed by atoms with E-state index in [2.05, 4.69) is 52.1 Å². The van der Waals surface area contributed by atoms with Crippen molar-refractivity contribution < 1.29 is 4.52 Å². The van der Waals surface area contributed by atoms with E-state index in [9.17, 15) is 0 Å². The quantitative estimate of drug-likeness (QED) is 0.509. The van der Waals surface area contributed by atoms with Gasteiger partial charge in [0.25, 0.3) is 0 Å². The fourth-order valence-corrected chi connectivity index (χ4v) is 3.44. The van der Waals surface area contributed by atoms with Crippen molar-refractivity contribution in [2.75, 3.05) is 13.6 Å². The Morgan fingerprint density at radius 1 is 1.15 bits per heavy atom. The van der Waals surface area contributed by atoms with Gasteiger partial charge in [-0.15, -0.1) is 11.3 Å². The smallest absolute Gasteiger partial charge is 0.191 e. The predicted molar refractivity (Wildman–Crippen MR) is 107 cm³/mol. The van der Waals surface area contributed by atoms with Crippen LogP contribution in [-0.2, 0) is 12.0 Å². The average Bonchev–Trinajstić information content (AvgIpc) is 3.35. The van der Waals surface area contributed by atoms with Crippen LogP contribution in [0.15, 0.2) is 63.4 Å². The molecule has 0 aliphatic heterocycles. The van der Waals surface area contributed by atoms with Crippen LogP contribution in [0.4, 0.5) is 0 Å². The Hall–Kier alpha value is -2.60. The molecule has 136 valence electrons. The van der Waals surface area contributed by atoms with E-state index in [0.29, 0.717) is 6.54 Å². The summed E-state index contributed by atoms with van der Waals surface area (Å²) in [6.45, 7) is 5.79. The lowest BCUT2D eigenvalue weighted by Gasteiger charge is -2.24. The van der Waals surface area contributed by atoms with Gasteiger partial charge in [-0.1, -0.05) is 55.4 Å².